The summed E-state index contributed by atoms with van der Waals surface area (Å²) in [6, 6.07) is 45.7. The SMILES string of the molecule is Cc1ccc(S(=O)(=O)Oc2ccccc2C(c2ccccc2)(c2ccccc2)c2ccccc2OS(=O)(=O)c2ccc(C)cc2)cc1. The summed E-state index contributed by atoms with van der Waals surface area (Å²) in [5, 5.41) is 0. The van der Waals surface area contributed by atoms with Gasteiger partial charge in [0.05, 0.1) is 5.41 Å². The van der Waals surface area contributed by atoms with Crippen LogP contribution in [0.2, 0.25) is 0 Å². The first kappa shape index (κ1) is 31.8. The van der Waals surface area contributed by atoms with Crippen LogP contribution in [0.5, 0.6) is 11.5 Å². The molecule has 0 saturated carbocycles. The molecule has 6 aromatic rings. The van der Waals surface area contributed by atoms with Gasteiger partial charge < -0.3 is 8.37 Å². The van der Waals surface area contributed by atoms with Crippen LogP contribution in [0, 0.1) is 13.8 Å². The number of hydrogen-bond donors (Lipinski definition) is 0. The Bertz CT molecular complexity index is 2050. The zero-order chi connectivity index (χ0) is 33.1. The molecule has 0 heterocycles. The van der Waals surface area contributed by atoms with Gasteiger partial charge in [0.25, 0.3) is 0 Å². The molecule has 236 valence electrons. The van der Waals surface area contributed by atoms with Crippen molar-refractivity contribution in [3.8, 4) is 11.5 Å². The third kappa shape index (κ3) is 6.30. The van der Waals surface area contributed by atoms with Crippen LogP contribution in [-0.2, 0) is 25.7 Å². The highest BCUT2D eigenvalue weighted by Gasteiger charge is 2.43. The minimum Gasteiger partial charge on any atom is -0.379 e. The Hall–Kier alpha value is -5.18. The van der Waals surface area contributed by atoms with E-state index >= 15 is 0 Å². The Morgan fingerprint density at radius 3 is 1.09 bits per heavy atom. The highest BCUT2D eigenvalue weighted by molar-refractivity contribution is 7.87. The van der Waals surface area contributed by atoms with Gasteiger partial charge in [-0.1, -0.05) is 132 Å². The zero-order valence-corrected chi connectivity index (χ0v) is 27.4. The van der Waals surface area contributed by atoms with E-state index in [1.807, 2.05) is 74.5 Å². The topological polar surface area (TPSA) is 86.7 Å². The molecule has 0 saturated heterocycles. The van der Waals surface area contributed by atoms with Crippen LogP contribution in [0.3, 0.4) is 0 Å². The number of aryl methyl sites for hydroxylation is 2. The van der Waals surface area contributed by atoms with Crippen molar-refractivity contribution in [1.82, 2.24) is 0 Å². The highest BCUT2D eigenvalue weighted by Crippen LogP contribution is 2.51. The molecule has 0 aliphatic rings. The molecule has 0 aliphatic carbocycles. The molecule has 0 N–H and O–H groups in total. The molecule has 0 aliphatic heterocycles. The number of benzene rings is 6. The lowest BCUT2D eigenvalue weighted by molar-refractivity contribution is 0.473. The van der Waals surface area contributed by atoms with Gasteiger partial charge in [-0.3, -0.25) is 0 Å². The summed E-state index contributed by atoms with van der Waals surface area (Å²) in [6.07, 6.45) is 0. The smallest absolute Gasteiger partial charge is 0.339 e. The predicted octanol–water partition coefficient (Wildman–Crippen LogP) is 8.22. The minimum atomic E-state index is -4.27. The van der Waals surface area contributed by atoms with E-state index < -0.39 is 25.7 Å². The Morgan fingerprint density at radius 1 is 0.404 bits per heavy atom. The first-order valence-electron chi connectivity index (χ1n) is 14.9. The van der Waals surface area contributed by atoms with Gasteiger partial charge in [-0.15, -0.1) is 0 Å². The second-order valence-electron chi connectivity index (χ2n) is 11.2. The van der Waals surface area contributed by atoms with Crippen molar-refractivity contribution in [3.63, 3.8) is 0 Å². The Morgan fingerprint density at radius 2 is 0.723 bits per heavy atom. The molecular weight excluding hydrogens is 629 g/mol. The third-order valence-corrected chi connectivity index (χ3v) is 10.5. The Balaban J connectivity index is 1.64. The van der Waals surface area contributed by atoms with Crippen molar-refractivity contribution in [2.45, 2.75) is 29.1 Å². The van der Waals surface area contributed by atoms with Gasteiger partial charge in [0.1, 0.15) is 21.3 Å². The maximum Gasteiger partial charge on any atom is 0.339 e. The van der Waals surface area contributed by atoms with E-state index in [-0.39, 0.29) is 21.3 Å². The average Bonchev–Trinajstić information content (AvgIpc) is 3.08. The Kier molecular flexibility index (Phi) is 8.73. The standard InChI is InChI=1S/C39H32O6S2/c1-29-21-25-33(26-22-29)46(40,41)44-37-19-11-9-17-35(37)39(31-13-5-3-6-14-31,32-15-7-4-8-16-32)36-18-10-12-20-38(36)45-47(42,43)34-27-23-30(2)24-28-34/h3-28H,1-2H3. The zero-order valence-electron chi connectivity index (χ0n) is 25.8. The van der Waals surface area contributed by atoms with Crippen molar-refractivity contribution in [1.29, 1.82) is 0 Å². The molecular formula is C39H32O6S2. The van der Waals surface area contributed by atoms with Crippen molar-refractivity contribution in [2.75, 3.05) is 0 Å². The molecule has 6 rings (SSSR count). The molecule has 0 spiro atoms. The molecule has 0 amide bonds. The van der Waals surface area contributed by atoms with E-state index in [1.165, 1.54) is 24.3 Å². The summed E-state index contributed by atoms with van der Waals surface area (Å²) < 4.78 is 66.8. The lowest BCUT2D eigenvalue weighted by Gasteiger charge is -2.38. The predicted molar refractivity (Wildman–Crippen MR) is 183 cm³/mol. The van der Waals surface area contributed by atoms with Crippen LogP contribution >= 0.6 is 0 Å². The normalized spacial score (nSPS) is 12.0. The second kappa shape index (κ2) is 12.9. The summed E-state index contributed by atoms with van der Waals surface area (Å²) in [5.41, 5.74) is 2.93. The van der Waals surface area contributed by atoms with Gasteiger partial charge >= 0.3 is 20.2 Å². The summed E-state index contributed by atoms with van der Waals surface area (Å²) in [6.45, 7) is 3.75. The number of para-hydroxylation sites is 2. The van der Waals surface area contributed by atoms with Crippen LogP contribution in [0.1, 0.15) is 33.4 Å². The summed E-state index contributed by atoms with van der Waals surface area (Å²) >= 11 is 0. The van der Waals surface area contributed by atoms with Crippen LogP contribution in [0.4, 0.5) is 0 Å². The monoisotopic (exact) mass is 660 g/mol. The highest BCUT2D eigenvalue weighted by atomic mass is 32.2. The minimum absolute atomic E-state index is 0.0100. The van der Waals surface area contributed by atoms with Crippen LogP contribution in [0.15, 0.2) is 168 Å². The van der Waals surface area contributed by atoms with E-state index in [4.69, 9.17) is 8.37 Å². The average molecular weight is 661 g/mol. The van der Waals surface area contributed by atoms with E-state index in [9.17, 15) is 16.8 Å². The molecule has 0 aromatic heterocycles. The Labute approximate surface area is 276 Å². The van der Waals surface area contributed by atoms with Gasteiger partial charge in [0.15, 0.2) is 0 Å². The molecule has 0 radical (unpaired) electrons. The lowest BCUT2D eigenvalue weighted by atomic mass is 9.64. The molecule has 47 heavy (non-hydrogen) atoms. The molecule has 6 aromatic carbocycles. The maximum absolute atomic E-state index is 13.7. The van der Waals surface area contributed by atoms with Gasteiger partial charge in [-0.25, -0.2) is 0 Å². The van der Waals surface area contributed by atoms with E-state index in [0.29, 0.717) is 11.1 Å². The van der Waals surface area contributed by atoms with Crippen molar-refractivity contribution in [3.05, 3.63) is 191 Å². The first-order chi connectivity index (χ1) is 22.6. The van der Waals surface area contributed by atoms with E-state index in [2.05, 4.69) is 0 Å². The van der Waals surface area contributed by atoms with Crippen LogP contribution in [-0.4, -0.2) is 16.8 Å². The molecule has 0 fully saturated rings. The third-order valence-electron chi connectivity index (χ3n) is 8.01. The molecule has 0 atom stereocenters. The van der Waals surface area contributed by atoms with E-state index in [0.717, 1.165) is 22.3 Å². The quantitative estimate of drug-likeness (QED) is 0.109. The van der Waals surface area contributed by atoms with Gasteiger partial charge in [0, 0.05) is 11.1 Å². The largest absolute Gasteiger partial charge is 0.379 e. The molecule has 0 bridgehead atoms. The van der Waals surface area contributed by atoms with Crippen LogP contribution in [0.25, 0.3) is 0 Å². The second-order valence-corrected chi connectivity index (χ2v) is 14.3. The van der Waals surface area contributed by atoms with Gasteiger partial charge in [-0.2, -0.15) is 16.8 Å². The fourth-order valence-electron chi connectivity index (χ4n) is 5.75. The van der Waals surface area contributed by atoms with Gasteiger partial charge in [0.2, 0.25) is 0 Å². The lowest BCUT2D eigenvalue weighted by Crippen LogP contribution is -2.33. The molecule has 0 unspecified atom stereocenters. The fraction of sp³-hybridized carbons (Fsp3) is 0.0769. The van der Waals surface area contributed by atoms with Crippen molar-refractivity contribution < 1.29 is 25.2 Å². The van der Waals surface area contributed by atoms with E-state index in [1.54, 1.807) is 72.8 Å². The van der Waals surface area contributed by atoms with Crippen molar-refractivity contribution in [2.24, 2.45) is 0 Å². The molecule has 6 nitrogen and oxygen atoms in total. The number of rotatable bonds is 10. The van der Waals surface area contributed by atoms with Crippen molar-refractivity contribution >= 4 is 20.2 Å². The maximum atomic E-state index is 13.7. The van der Waals surface area contributed by atoms with Crippen LogP contribution < -0.4 is 8.37 Å². The number of hydrogen-bond acceptors (Lipinski definition) is 6. The summed E-state index contributed by atoms with van der Waals surface area (Å²) in [7, 11) is -8.53. The molecule has 8 heteroatoms. The summed E-state index contributed by atoms with van der Waals surface area (Å²) in [4.78, 5) is 0.0201. The van der Waals surface area contributed by atoms with Gasteiger partial charge in [-0.05, 0) is 61.4 Å². The fourth-order valence-corrected chi connectivity index (χ4v) is 7.65. The summed E-state index contributed by atoms with van der Waals surface area (Å²) in [5.74, 6) is 0.161. The first-order valence-corrected chi connectivity index (χ1v) is 17.8.